The van der Waals surface area contributed by atoms with Crippen LogP contribution in [0.5, 0.6) is 5.75 Å². The highest BCUT2D eigenvalue weighted by Crippen LogP contribution is 2.28. The first-order valence-electron chi connectivity index (χ1n) is 4.69. The number of carboxylic acids is 1. The van der Waals surface area contributed by atoms with Crippen LogP contribution in [0.2, 0.25) is 0 Å². The van der Waals surface area contributed by atoms with Crippen molar-refractivity contribution in [1.82, 2.24) is 0 Å². The molecule has 2 atom stereocenters. The van der Waals surface area contributed by atoms with Gasteiger partial charge in [-0.2, -0.15) is 0 Å². The molecule has 88 valence electrons. The highest BCUT2D eigenvalue weighted by Gasteiger charge is 2.27. The van der Waals surface area contributed by atoms with Crippen LogP contribution in [0.25, 0.3) is 0 Å². The Hall–Kier alpha value is -1.62. The van der Waals surface area contributed by atoms with Gasteiger partial charge in [-0.05, 0) is 42.7 Å². The molecule has 1 rings (SSSR count). The van der Waals surface area contributed by atoms with E-state index in [4.69, 9.17) is 5.11 Å². The summed E-state index contributed by atoms with van der Waals surface area (Å²) in [6, 6.07) is 2.73. The van der Waals surface area contributed by atoms with Gasteiger partial charge in [-0.15, -0.1) is 0 Å². The van der Waals surface area contributed by atoms with E-state index in [1.54, 1.807) is 13.8 Å². The van der Waals surface area contributed by atoms with Crippen LogP contribution in [0.1, 0.15) is 22.8 Å². The standard InChI is InChI=1S/C11H13FO4/c1-5-3-7(4-6(2)9(5)13)10(14)8(12)11(15)16/h3-4,8,10,13-14H,1-2H3,(H,15,16). The molecule has 5 heteroatoms. The van der Waals surface area contributed by atoms with Crippen molar-refractivity contribution in [2.24, 2.45) is 0 Å². The SMILES string of the molecule is Cc1cc(C(O)C(F)C(=O)O)cc(C)c1O. The average molecular weight is 228 g/mol. The zero-order valence-corrected chi connectivity index (χ0v) is 8.94. The molecule has 0 amide bonds. The minimum absolute atomic E-state index is 0.0571. The summed E-state index contributed by atoms with van der Waals surface area (Å²) in [5, 5.41) is 27.4. The number of halogens is 1. The number of benzene rings is 1. The van der Waals surface area contributed by atoms with Gasteiger partial charge in [-0.3, -0.25) is 0 Å². The van der Waals surface area contributed by atoms with Gasteiger partial charge in [0.2, 0.25) is 6.17 Å². The van der Waals surface area contributed by atoms with E-state index in [0.717, 1.165) is 0 Å². The molecule has 1 aromatic rings. The van der Waals surface area contributed by atoms with Crippen LogP contribution in [0.3, 0.4) is 0 Å². The maximum Gasteiger partial charge on any atom is 0.341 e. The fourth-order valence-corrected chi connectivity index (χ4v) is 1.46. The van der Waals surface area contributed by atoms with Gasteiger partial charge in [0.1, 0.15) is 11.9 Å². The van der Waals surface area contributed by atoms with Crippen LogP contribution < -0.4 is 0 Å². The Morgan fingerprint density at radius 2 is 1.75 bits per heavy atom. The minimum atomic E-state index is -2.37. The van der Waals surface area contributed by atoms with Crippen LogP contribution >= 0.6 is 0 Å². The summed E-state index contributed by atoms with van der Waals surface area (Å²) in [5.41, 5.74) is 1.07. The van der Waals surface area contributed by atoms with Crippen molar-refractivity contribution in [3.05, 3.63) is 28.8 Å². The van der Waals surface area contributed by atoms with Gasteiger partial charge in [0, 0.05) is 0 Å². The highest BCUT2D eigenvalue weighted by molar-refractivity contribution is 5.73. The van der Waals surface area contributed by atoms with E-state index < -0.39 is 18.2 Å². The first kappa shape index (κ1) is 12.4. The number of carboxylic acid groups (broad SMARTS) is 1. The molecular weight excluding hydrogens is 215 g/mol. The lowest BCUT2D eigenvalue weighted by molar-refractivity contribution is -0.147. The van der Waals surface area contributed by atoms with Gasteiger partial charge in [-0.1, -0.05) is 0 Å². The summed E-state index contributed by atoms with van der Waals surface area (Å²) in [4.78, 5) is 10.4. The molecule has 0 radical (unpaired) electrons. The molecule has 16 heavy (non-hydrogen) atoms. The summed E-state index contributed by atoms with van der Waals surface area (Å²) in [6.07, 6.45) is -4.10. The number of hydrogen-bond acceptors (Lipinski definition) is 3. The molecule has 3 N–H and O–H groups in total. The smallest absolute Gasteiger partial charge is 0.341 e. The van der Waals surface area contributed by atoms with Crippen molar-refractivity contribution in [3.63, 3.8) is 0 Å². The molecule has 0 spiro atoms. The number of aryl methyl sites for hydroxylation is 2. The molecule has 2 unspecified atom stereocenters. The Kier molecular flexibility index (Phi) is 3.49. The first-order valence-corrected chi connectivity index (χ1v) is 4.69. The normalized spacial score (nSPS) is 14.5. The van der Waals surface area contributed by atoms with Crippen molar-refractivity contribution in [3.8, 4) is 5.75 Å². The predicted octanol–water partition coefficient (Wildman–Crippen LogP) is 1.47. The lowest BCUT2D eigenvalue weighted by atomic mass is 9.99. The van der Waals surface area contributed by atoms with E-state index >= 15 is 0 Å². The number of aliphatic hydroxyl groups excluding tert-OH is 1. The number of hydrogen-bond donors (Lipinski definition) is 3. The monoisotopic (exact) mass is 228 g/mol. The number of carbonyl (C=O) groups is 1. The van der Waals surface area contributed by atoms with Crippen molar-refractivity contribution in [2.75, 3.05) is 0 Å². The quantitative estimate of drug-likeness (QED) is 0.732. The number of alkyl halides is 1. The van der Waals surface area contributed by atoms with E-state index in [-0.39, 0.29) is 11.3 Å². The Labute approximate surface area is 92.0 Å². The summed E-state index contributed by atoms with van der Waals surface area (Å²) in [5.74, 6) is -1.66. The Bertz CT molecular complexity index is 393. The average Bonchev–Trinajstić information content (AvgIpc) is 2.22. The zero-order chi connectivity index (χ0) is 12.5. The van der Waals surface area contributed by atoms with Crippen molar-refractivity contribution < 1.29 is 24.5 Å². The third kappa shape index (κ3) is 2.30. The fraction of sp³-hybridized carbons (Fsp3) is 0.364. The van der Waals surface area contributed by atoms with E-state index in [1.807, 2.05) is 0 Å². The first-order chi connectivity index (χ1) is 7.34. The van der Waals surface area contributed by atoms with Crippen molar-refractivity contribution >= 4 is 5.97 Å². The molecule has 0 saturated heterocycles. The molecular formula is C11H13FO4. The van der Waals surface area contributed by atoms with Crippen molar-refractivity contribution in [2.45, 2.75) is 26.1 Å². The molecule has 1 aromatic carbocycles. The lowest BCUT2D eigenvalue weighted by Gasteiger charge is -2.15. The molecule has 0 heterocycles. The van der Waals surface area contributed by atoms with Gasteiger partial charge >= 0.3 is 5.97 Å². The molecule has 0 aromatic heterocycles. The second-order valence-electron chi connectivity index (χ2n) is 3.69. The number of rotatable bonds is 3. The van der Waals surface area contributed by atoms with Crippen molar-refractivity contribution in [1.29, 1.82) is 0 Å². The van der Waals surface area contributed by atoms with Gasteiger partial charge in [-0.25, -0.2) is 9.18 Å². The molecule has 0 aliphatic rings. The summed E-state index contributed by atoms with van der Waals surface area (Å²) < 4.78 is 13.1. The Balaban J connectivity index is 3.10. The zero-order valence-electron chi connectivity index (χ0n) is 8.94. The Morgan fingerprint density at radius 3 is 2.12 bits per heavy atom. The third-order valence-electron chi connectivity index (χ3n) is 2.37. The fourth-order valence-electron chi connectivity index (χ4n) is 1.46. The number of aliphatic hydroxyl groups is 1. The van der Waals surface area contributed by atoms with Gasteiger partial charge in [0.15, 0.2) is 0 Å². The largest absolute Gasteiger partial charge is 0.507 e. The predicted molar refractivity (Wildman–Crippen MR) is 55.1 cm³/mol. The summed E-state index contributed by atoms with van der Waals surface area (Å²) in [6.45, 7) is 3.18. The number of phenols is 1. The second kappa shape index (κ2) is 4.49. The summed E-state index contributed by atoms with van der Waals surface area (Å²) >= 11 is 0. The van der Waals surface area contributed by atoms with Gasteiger partial charge in [0.05, 0.1) is 0 Å². The molecule has 0 bridgehead atoms. The maximum atomic E-state index is 13.1. The molecule has 0 aliphatic heterocycles. The third-order valence-corrected chi connectivity index (χ3v) is 2.37. The van der Waals surface area contributed by atoms with E-state index in [1.165, 1.54) is 12.1 Å². The molecule has 0 saturated carbocycles. The van der Waals surface area contributed by atoms with E-state index in [9.17, 15) is 19.4 Å². The van der Waals surface area contributed by atoms with Crippen LogP contribution in [-0.4, -0.2) is 27.5 Å². The highest BCUT2D eigenvalue weighted by atomic mass is 19.1. The Morgan fingerprint density at radius 1 is 1.31 bits per heavy atom. The number of aromatic hydroxyl groups is 1. The lowest BCUT2D eigenvalue weighted by Crippen LogP contribution is -2.23. The summed E-state index contributed by atoms with van der Waals surface area (Å²) in [7, 11) is 0. The number of phenolic OH excluding ortho intramolecular Hbond substituents is 1. The van der Waals surface area contributed by atoms with Gasteiger partial charge in [0.25, 0.3) is 0 Å². The van der Waals surface area contributed by atoms with E-state index in [2.05, 4.69) is 0 Å². The van der Waals surface area contributed by atoms with Crippen LogP contribution in [0, 0.1) is 13.8 Å². The number of aliphatic carboxylic acids is 1. The van der Waals surface area contributed by atoms with Gasteiger partial charge < -0.3 is 15.3 Å². The van der Waals surface area contributed by atoms with E-state index in [0.29, 0.717) is 11.1 Å². The molecule has 0 aliphatic carbocycles. The molecule has 0 fully saturated rings. The van der Waals surface area contributed by atoms with Crippen LogP contribution in [0.4, 0.5) is 4.39 Å². The van der Waals surface area contributed by atoms with Crippen LogP contribution in [-0.2, 0) is 4.79 Å². The molecule has 4 nitrogen and oxygen atoms in total. The maximum absolute atomic E-state index is 13.1. The minimum Gasteiger partial charge on any atom is -0.507 e. The second-order valence-corrected chi connectivity index (χ2v) is 3.69. The topological polar surface area (TPSA) is 77.8 Å². The van der Waals surface area contributed by atoms with Crippen LogP contribution in [0.15, 0.2) is 12.1 Å².